The van der Waals surface area contributed by atoms with Crippen molar-refractivity contribution in [2.24, 2.45) is 0 Å². The first kappa shape index (κ1) is 13.0. The monoisotopic (exact) mass is 264 g/mol. The van der Waals surface area contributed by atoms with Crippen LogP contribution in [0.2, 0.25) is 5.02 Å². The van der Waals surface area contributed by atoms with E-state index in [0.29, 0.717) is 0 Å². The lowest BCUT2D eigenvalue weighted by Gasteiger charge is -2.41. The Morgan fingerprint density at radius 2 is 2.28 bits per heavy atom. The van der Waals surface area contributed by atoms with E-state index in [1.807, 2.05) is 29.2 Å². The lowest BCUT2D eigenvalue weighted by Crippen LogP contribution is -2.53. The second-order valence-corrected chi connectivity index (χ2v) is 4.95. The highest BCUT2D eigenvalue weighted by molar-refractivity contribution is 6.30. The van der Waals surface area contributed by atoms with Gasteiger partial charge in [-0.25, -0.2) is 0 Å². The molecular formula is C14H17ClN2O. The number of anilines is 1. The fraction of sp³-hybridized carbons (Fsp3) is 0.357. The first-order chi connectivity index (χ1) is 8.61. The zero-order chi connectivity index (χ0) is 13.1. The van der Waals surface area contributed by atoms with E-state index in [1.54, 1.807) is 0 Å². The largest absolute Gasteiger partial charge is 0.365 e. The Bertz CT molecular complexity index is 461. The molecule has 1 atom stereocenters. The first-order valence-electron chi connectivity index (χ1n) is 6.05. The standard InChI is InChI=1S/C14H17ClN2O/c1-3-14(18)16-7-8-17(11(2)10-16)13-6-4-5-12(15)9-13/h3-6,9,11H,1,7-8,10H2,2H3/t11-/m0/s1. The number of halogens is 1. The van der Waals surface area contributed by atoms with Gasteiger partial charge >= 0.3 is 0 Å². The average Bonchev–Trinajstić information content (AvgIpc) is 2.37. The number of hydrogen-bond acceptors (Lipinski definition) is 2. The molecule has 0 N–H and O–H groups in total. The SMILES string of the molecule is C=CC(=O)N1CCN(c2cccc(Cl)c2)[C@@H](C)C1. The third kappa shape index (κ3) is 2.67. The highest BCUT2D eigenvalue weighted by Crippen LogP contribution is 2.23. The summed E-state index contributed by atoms with van der Waals surface area (Å²) < 4.78 is 0. The molecule has 1 heterocycles. The summed E-state index contributed by atoms with van der Waals surface area (Å²) in [4.78, 5) is 15.7. The third-order valence-corrected chi connectivity index (χ3v) is 3.49. The molecule has 1 fully saturated rings. The minimum absolute atomic E-state index is 0.00703. The number of carbonyl (C=O) groups excluding carboxylic acids is 1. The Morgan fingerprint density at radius 3 is 2.89 bits per heavy atom. The van der Waals surface area contributed by atoms with E-state index in [-0.39, 0.29) is 11.9 Å². The predicted octanol–water partition coefficient (Wildman–Crippen LogP) is 2.56. The van der Waals surface area contributed by atoms with E-state index < -0.39 is 0 Å². The van der Waals surface area contributed by atoms with Crippen molar-refractivity contribution in [1.29, 1.82) is 0 Å². The van der Waals surface area contributed by atoms with Gasteiger partial charge in [-0.2, -0.15) is 0 Å². The average molecular weight is 265 g/mol. The fourth-order valence-corrected chi connectivity index (χ4v) is 2.51. The lowest BCUT2D eigenvalue weighted by molar-refractivity contribution is -0.126. The number of carbonyl (C=O) groups is 1. The van der Waals surface area contributed by atoms with Crippen LogP contribution in [0.5, 0.6) is 0 Å². The number of piperazine rings is 1. The molecule has 1 aliphatic rings. The molecule has 0 radical (unpaired) electrons. The molecule has 1 aliphatic heterocycles. The Morgan fingerprint density at radius 1 is 1.50 bits per heavy atom. The summed E-state index contributed by atoms with van der Waals surface area (Å²) in [6.45, 7) is 7.91. The molecular weight excluding hydrogens is 248 g/mol. The first-order valence-corrected chi connectivity index (χ1v) is 6.43. The topological polar surface area (TPSA) is 23.6 Å². The van der Waals surface area contributed by atoms with Crippen molar-refractivity contribution >= 4 is 23.2 Å². The molecule has 4 heteroatoms. The summed E-state index contributed by atoms with van der Waals surface area (Å²) in [5.74, 6) is 0.00703. The summed E-state index contributed by atoms with van der Waals surface area (Å²) in [5, 5.41) is 0.740. The third-order valence-electron chi connectivity index (χ3n) is 3.25. The molecule has 96 valence electrons. The Labute approximate surface area is 113 Å². The Kier molecular flexibility index (Phi) is 3.92. The molecule has 0 spiro atoms. The molecule has 0 bridgehead atoms. The van der Waals surface area contributed by atoms with Crippen LogP contribution in [0.15, 0.2) is 36.9 Å². The zero-order valence-electron chi connectivity index (χ0n) is 10.5. The predicted molar refractivity (Wildman–Crippen MR) is 75.0 cm³/mol. The summed E-state index contributed by atoms with van der Waals surface area (Å²) in [5.41, 5.74) is 1.11. The highest BCUT2D eigenvalue weighted by atomic mass is 35.5. The molecule has 0 saturated carbocycles. The van der Waals surface area contributed by atoms with Crippen LogP contribution >= 0.6 is 11.6 Å². The number of rotatable bonds is 2. The van der Waals surface area contributed by atoms with Gasteiger partial charge in [-0.3, -0.25) is 4.79 Å². The molecule has 0 unspecified atom stereocenters. The Hall–Kier alpha value is -1.48. The van der Waals surface area contributed by atoms with E-state index in [4.69, 9.17) is 11.6 Å². The molecule has 2 rings (SSSR count). The molecule has 0 aromatic heterocycles. The van der Waals surface area contributed by atoms with Gasteiger partial charge in [0.1, 0.15) is 0 Å². The quantitative estimate of drug-likeness (QED) is 0.767. The normalized spacial score (nSPS) is 19.8. The molecule has 1 aromatic carbocycles. The van der Waals surface area contributed by atoms with E-state index in [0.717, 1.165) is 30.3 Å². The van der Waals surface area contributed by atoms with Crippen LogP contribution in [0.3, 0.4) is 0 Å². The van der Waals surface area contributed by atoms with Gasteiger partial charge in [0.2, 0.25) is 5.91 Å². The fourth-order valence-electron chi connectivity index (χ4n) is 2.33. The number of hydrogen-bond donors (Lipinski definition) is 0. The maximum absolute atomic E-state index is 11.6. The summed E-state index contributed by atoms with van der Waals surface area (Å²) >= 11 is 6.01. The van der Waals surface area contributed by atoms with E-state index in [1.165, 1.54) is 6.08 Å². The molecule has 1 amide bonds. The zero-order valence-corrected chi connectivity index (χ0v) is 11.2. The van der Waals surface area contributed by atoms with Crippen LogP contribution in [0.4, 0.5) is 5.69 Å². The molecule has 0 aliphatic carbocycles. The van der Waals surface area contributed by atoms with Crippen molar-refractivity contribution in [2.75, 3.05) is 24.5 Å². The minimum atomic E-state index is 0.00703. The van der Waals surface area contributed by atoms with E-state index in [2.05, 4.69) is 18.4 Å². The molecule has 1 saturated heterocycles. The van der Waals surface area contributed by atoms with Crippen molar-refractivity contribution in [3.05, 3.63) is 41.9 Å². The summed E-state index contributed by atoms with van der Waals surface area (Å²) in [7, 11) is 0. The van der Waals surface area contributed by atoms with Gasteiger partial charge in [0.25, 0.3) is 0 Å². The van der Waals surface area contributed by atoms with Crippen molar-refractivity contribution in [1.82, 2.24) is 4.90 Å². The van der Waals surface area contributed by atoms with Gasteiger partial charge in [0, 0.05) is 36.4 Å². The van der Waals surface area contributed by atoms with Crippen molar-refractivity contribution in [3.8, 4) is 0 Å². The van der Waals surface area contributed by atoms with Gasteiger partial charge in [0.15, 0.2) is 0 Å². The number of benzene rings is 1. The molecule has 1 aromatic rings. The van der Waals surface area contributed by atoms with E-state index >= 15 is 0 Å². The van der Waals surface area contributed by atoms with E-state index in [9.17, 15) is 4.79 Å². The van der Waals surface area contributed by atoms with Crippen LogP contribution < -0.4 is 4.90 Å². The highest BCUT2D eigenvalue weighted by Gasteiger charge is 2.25. The lowest BCUT2D eigenvalue weighted by atomic mass is 10.1. The summed E-state index contributed by atoms with van der Waals surface area (Å²) in [6, 6.07) is 8.11. The van der Waals surface area contributed by atoms with Gasteiger partial charge in [-0.1, -0.05) is 24.2 Å². The van der Waals surface area contributed by atoms with Gasteiger partial charge < -0.3 is 9.80 Å². The second kappa shape index (κ2) is 5.44. The number of amides is 1. The van der Waals surface area contributed by atoms with Crippen LogP contribution in [-0.4, -0.2) is 36.5 Å². The minimum Gasteiger partial charge on any atom is -0.365 e. The molecule has 3 nitrogen and oxygen atoms in total. The van der Waals surface area contributed by atoms with Gasteiger partial charge in [-0.05, 0) is 31.2 Å². The van der Waals surface area contributed by atoms with Crippen LogP contribution in [0.25, 0.3) is 0 Å². The Balaban J connectivity index is 2.10. The van der Waals surface area contributed by atoms with Crippen LogP contribution in [0.1, 0.15) is 6.92 Å². The smallest absolute Gasteiger partial charge is 0.246 e. The van der Waals surface area contributed by atoms with Gasteiger partial charge in [0.05, 0.1) is 0 Å². The van der Waals surface area contributed by atoms with Crippen LogP contribution in [0, 0.1) is 0 Å². The maximum atomic E-state index is 11.6. The van der Waals surface area contributed by atoms with Crippen molar-refractivity contribution in [3.63, 3.8) is 0 Å². The van der Waals surface area contributed by atoms with Crippen molar-refractivity contribution < 1.29 is 4.79 Å². The number of nitrogens with zero attached hydrogens (tertiary/aromatic N) is 2. The van der Waals surface area contributed by atoms with Gasteiger partial charge in [-0.15, -0.1) is 0 Å². The van der Waals surface area contributed by atoms with Crippen molar-refractivity contribution in [2.45, 2.75) is 13.0 Å². The van der Waals surface area contributed by atoms with Crippen LogP contribution in [-0.2, 0) is 4.79 Å². The maximum Gasteiger partial charge on any atom is 0.246 e. The second-order valence-electron chi connectivity index (χ2n) is 4.51. The summed E-state index contributed by atoms with van der Waals surface area (Å²) in [6.07, 6.45) is 1.38. The molecule has 18 heavy (non-hydrogen) atoms.